The van der Waals surface area contributed by atoms with Crippen LogP contribution in [0.5, 0.6) is 5.75 Å². The molecule has 0 N–H and O–H groups in total. The zero-order valence-corrected chi connectivity index (χ0v) is 19.0. The van der Waals surface area contributed by atoms with Crippen LogP contribution in [-0.2, 0) is 14.9 Å². The van der Waals surface area contributed by atoms with E-state index >= 15 is 0 Å². The topological polar surface area (TPSA) is 63.7 Å². The Hall–Kier alpha value is -1.68. The number of amides is 1. The van der Waals surface area contributed by atoms with Gasteiger partial charge in [0.1, 0.15) is 15.0 Å². The third-order valence-corrected chi connectivity index (χ3v) is 7.08. The van der Waals surface area contributed by atoms with E-state index in [9.17, 15) is 13.2 Å². The molecule has 2 aromatic carbocycles. The minimum absolute atomic E-state index is 0.0595. The maximum Gasteiger partial charge on any atom is 0.339 e. The molecule has 0 aromatic heterocycles. The SMILES string of the molecule is CCN1C(=O)/C(=C/c2cc(Br)ccc2OS(=O)(=O)c2ccc(C)cc2)SC1=S. The van der Waals surface area contributed by atoms with Crippen LogP contribution >= 0.6 is 39.9 Å². The van der Waals surface area contributed by atoms with Crippen molar-refractivity contribution in [2.75, 3.05) is 6.54 Å². The van der Waals surface area contributed by atoms with Gasteiger partial charge in [0, 0.05) is 16.6 Å². The highest BCUT2D eigenvalue weighted by atomic mass is 79.9. The van der Waals surface area contributed by atoms with Crippen molar-refractivity contribution in [1.82, 2.24) is 4.90 Å². The molecule has 0 radical (unpaired) electrons. The number of hydrogen-bond donors (Lipinski definition) is 0. The number of likely N-dealkylation sites (N-methyl/N-ethyl adjacent to an activating group) is 1. The molecule has 0 unspecified atom stereocenters. The number of thioether (sulfide) groups is 1. The lowest BCUT2D eigenvalue weighted by molar-refractivity contribution is -0.121. The first kappa shape index (κ1) is 21.0. The lowest BCUT2D eigenvalue weighted by Gasteiger charge is -2.11. The van der Waals surface area contributed by atoms with Crippen molar-refractivity contribution in [2.45, 2.75) is 18.7 Å². The summed E-state index contributed by atoms with van der Waals surface area (Å²) in [4.78, 5) is 14.4. The smallest absolute Gasteiger partial charge is 0.339 e. The Labute approximate surface area is 182 Å². The Balaban J connectivity index is 1.98. The largest absolute Gasteiger partial charge is 0.378 e. The molecule has 1 heterocycles. The van der Waals surface area contributed by atoms with Crippen LogP contribution in [0.1, 0.15) is 18.1 Å². The van der Waals surface area contributed by atoms with E-state index in [0.717, 1.165) is 10.0 Å². The van der Waals surface area contributed by atoms with Crippen molar-refractivity contribution in [3.63, 3.8) is 0 Å². The lowest BCUT2D eigenvalue weighted by Crippen LogP contribution is -2.27. The van der Waals surface area contributed by atoms with Gasteiger partial charge in [-0.3, -0.25) is 9.69 Å². The van der Waals surface area contributed by atoms with Crippen molar-refractivity contribution in [1.29, 1.82) is 0 Å². The summed E-state index contributed by atoms with van der Waals surface area (Å²) in [5.41, 5.74) is 1.41. The molecule has 2 aromatic rings. The Morgan fingerprint density at radius 1 is 1.21 bits per heavy atom. The van der Waals surface area contributed by atoms with Gasteiger partial charge < -0.3 is 4.18 Å². The van der Waals surface area contributed by atoms with Gasteiger partial charge in [-0.2, -0.15) is 8.42 Å². The highest BCUT2D eigenvalue weighted by Gasteiger charge is 2.31. The van der Waals surface area contributed by atoms with Crippen LogP contribution in [0.2, 0.25) is 0 Å². The van der Waals surface area contributed by atoms with Gasteiger partial charge in [0.05, 0.1) is 4.91 Å². The van der Waals surface area contributed by atoms with Gasteiger partial charge in [-0.1, -0.05) is 57.6 Å². The summed E-state index contributed by atoms with van der Waals surface area (Å²) in [5, 5.41) is 0. The fraction of sp³-hybridized carbons (Fsp3) is 0.158. The zero-order chi connectivity index (χ0) is 20.5. The molecule has 3 rings (SSSR count). The van der Waals surface area contributed by atoms with Crippen LogP contribution in [0.15, 0.2) is 56.7 Å². The van der Waals surface area contributed by atoms with Crippen LogP contribution < -0.4 is 4.18 Å². The number of carbonyl (C=O) groups excluding carboxylic acids is 1. The van der Waals surface area contributed by atoms with Crippen LogP contribution in [0.25, 0.3) is 6.08 Å². The summed E-state index contributed by atoms with van der Waals surface area (Å²) < 4.78 is 31.9. The van der Waals surface area contributed by atoms with Gasteiger partial charge in [0.2, 0.25) is 0 Å². The first-order valence-electron chi connectivity index (χ1n) is 8.27. The Kier molecular flexibility index (Phi) is 6.28. The van der Waals surface area contributed by atoms with Gasteiger partial charge >= 0.3 is 10.1 Å². The molecule has 0 saturated carbocycles. The number of rotatable bonds is 5. The Morgan fingerprint density at radius 2 is 1.89 bits per heavy atom. The van der Waals surface area contributed by atoms with Crippen molar-refractivity contribution >= 4 is 66.3 Å². The maximum absolute atomic E-state index is 12.6. The number of halogens is 1. The molecule has 1 saturated heterocycles. The minimum Gasteiger partial charge on any atom is -0.378 e. The second kappa shape index (κ2) is 8.36. The predicted octanol–water partition coefficient (Wildman–Crippen LogP) is 4.75. The fourth-order valence-corrected chi connectivity index (χ4v) is 5.20. The average Bonchev–Trinajstić information content (AvgIpc) is 2.90. The highest BCUT2D eigenvalue weighted by Crippen LogP contribution is 2.35. The van der Waals surface area contributed by atoms with Crippen molar-refractivity contribution in [3.8, 4) is 5.75 Å². The first-order valence-corrected chi connectivity index (χ1v) is 11.7. The number of benzene rings is 2. The minimum atomic E-state index is -4.01. The van der Waals surface area contributed by atoms with Gasteiger partial charge in [0.25, 0.3) is 5.91 Å². The van der Waals surface area contributed by atoms with Crippen molar-refractivity contribution in [3.05, 3.63) is 63.0 Å². The van der Waals surface area contributed by atoms with E-state index in [1.807, 2.05) is 13.8 Å². The first-order chi connectivity index (χ1) is 13.2. The molecule has 28 heavy (non-hydrogen) atoms. The van der Waals surface area contributed by atoms with E-state index in [-0.39, 0.29) is 16.6 Å². The molecule has 146 valence electrons. The average molecular weight is 498 g/mol. The van der Waals surface area contributed by atoms with E-state index in [1.165, 1.54) is 28.8 Å². The summed E-state index contributed by atoms with van der Waals surface area (Å²) in [6, 6.07) is 11.3. The molecule has 1 amide bonds. The molecule has 1 fully saturated rings. The molecule has 9 heteroatoms. The normalized spacial score (nSPS) is 16.1. The van der Waals surface area contributed by atoms with Crippen molar-refractivity contribution < 1.29 is 17.4 Å². The lowest BCUT2D eigenvalue weighted by atomic mass is 10.2. The molecular formula is C19H16BrNO4S3. The number of aryl methyl sites for hydroxylation is 1. The summed E-state index contributed by atoms with van der Waals surface area (Å²) in [6.07, 6.45) is 1.60. The Bertz CT molecular complexity index is 1080. The summed E-state index contributed by atoms with van der Waals surface area (Å²) in [7, 11) is -4.01. The van der Waals surface area contributed by atoms with E-state index in [1.54, 1.807) is 36.4 Å². The number of carbonyl (C=O) groups is 1. The second-order valence-electron chi connectivity index (χ2n) is 5.96. The number of thiocarbonyl (C=S) groups is 1. The molecule has 0 atom stereocenters. The van der Waals surface area contributed by atoms with E-state index in [4.69, 9.17) is 16.4 Å². The predicted molar refractivity (Wildman–Crippen MR) is 119 cm³/mol. The molecule has 0 spiro atoms. The van der Waals surface area contributed by atoms with Crippen molar-refractivity contribution in [2.24, 2.45) is 0 Å². The van der Waals surface area contributed by atoms with Gasteiger partial charge in [-0.05, 0) is 50.3 Å². The number of nitrogens with zero attached hydrogens (tertiary/aromatic N) is 1. The van der Waals surface area contributed by atoms with E-state index in [2.05, 4.69) is 15.9 Å². The molecule has 0 bridgehead atoms. The van der Waals surface area contributed by atoms with Crippen LogP contribution in [0.3, 0.4) is 0 Å². The monoisotopic (exact) mass is 497 g/mol. The van der Waals surface area contributed by atoms with E-state index in [0.29, 0.717) is 21.3 Å². The standard InChI is InChI=1S/C19H16BrNO4S3/c1-3-21-18(22)17(27-19(21)26)11-13-10-14(20)6-9-16(13)25-28(23,24)15-7-4-12(2)5-8-15/h4-11H,3H2,1-2H3/b17-11-. The quantitative estimate of drug-likeness (QED) is 0.337. The van der Waals surface area contributed by atoms with Crippen LogP contribution in [0, 0.1) is 6.92 Å². The summed E-state index contributed by atoms with van der Waals surface area (Å²) in [5.74, 6) is -0.0737. The van der Waals surface area contributed by atoms with Crippen LogP contribution in [0.4, 0.5) is 0 Å². The molecule has 0 aliphatic carbocycles. The molecule has 1 aliphatic rings. The van der Waals surface area contributed by atoms with Gasteiger partial charge in [0.15, 0.2) is 0 Å². The summed E-state index contributed by atoms with van der Waals surface area (Å²) >= 11 is 9.77. The Morgan fingerprint density at radius 3 is 2.50 bits per heavy atom. The molecule has 5 nitrogen and oxygen atoms in total. The van der Waals surface area contributed by atoms with Crippen LogP contribution in [-0.4, -0.2) is 30.1 Å². The molecular weight excluding hydrogens is 482 g/mol. The maximum atomic E-state index is 12.6. The third kappa shape index (κ3) is 4.48. The van der Waals surface area contributed by atoms with Gasteiger partial charge in [-0.25, -0.2) is 0 Å². The van der Waals surface area contributed by atoms with Gasteiger partial charge in [-0.15, -0.1) is 0 Å². The number of hydrogen-bond acceptors (Lipinski definition) is 6. The zero-order valence-electron chi connectivity index (χ0n) is 15.0. The second-order valence-corrected chi connectivity index (χ2v) is 10.1. The fourth-order valence-electron chi connectivity index (χ4n) is 2.49. The summed E-state index contributed by atoms with van der Waals surface area (Å²) in [6.45, 7) is 4.19. The highest BCUT2D eigenvalue weighted by molar-refractivity contribution is 9.10. The van der Waals surface area contributed by atoms with E-state index < -0.39 is 10.1 Å². The third-order valence-electron chi connectivity index (χ3n) is 3.96. The molecule has 1 aliphatic heterocycles.